The summed E-state index contributed by atoms with van der Waals surface area (Å²) in [5, 5.41) is 5.22. The first kappa shape index (κ1) is 24.4. The minimum Gasteiger partial charge on any atom is -0.493 e. The van der Waals surface area contributed by atoms with Crippen molar-refractivity contribution in [2.24, 2.45) is 0 Å². The van der Waals surface area contributed by atoms with Crippen molar-refractivity contribution in [3.05, 3.63) is 95.1 Å². The van der Waals surface area contributed by atoms with Crippen molar-refractivity contribution in [1.82, 2.24) is 16.2 Å². The molecule has 0 radical (unpaired) electrons. The Hall–Kier alpha value is -4.24. The van der Waals surface area contributed by atoms with Gasteiger partial charge in [0.15, 0.2) is 5.11 Å². The first-order valence-corrected chi connectivity index (χ1v) is 10.9. The summed E-state index contributed by atoms with van der Waals surface area (Å²) in [4.78, 5) is 37.3. The topological polar surface area (TPSA) is 109 Å². The van der Waals surface area contributed by atoms with Gasteiger partial charge >= 0.3 is 0 Å². The maximum Gasteiger partial charge on any atom is 0.269 e. The monoisotopic (exact) mass is 476 g/mol. The van der Waals surface area contributed by atoms with Gasteiger partial charge < -0.3 is 10.1 Å². The van der Waals surface area contributed by atoms with Gasteiger partial charge in [0.1, 0.15) is 5.75 Å². The predicted octanol–water partition coefficient (Wildman–Crippen LogP) is 3.60. The number of ether oxygens (including phenoxy) is 1. The van der Waals surface area contributed by atoms with Crippen LogP contribution < -0.4 is 26.2 Å². The number of benzene rings is 3. The van der Waals surface area contributed by atoms with Crippen LogP contribution in [0.25, 0.3) is 0 Å². The van der Waals surface area contributed by atoms with Crippen LogP contribution in [0.4, 0.5) is 5.69 Å². The lowest BCUT2D eigenvalue weighted by Crippen LogP contribution is -2.48. The maximum atomic E-state index is 12.4. The molecule has 0 aromatic heterocycles. The van der Waals surface area contributed by atoms with Gasteiger partial charge in [0, 0.05) is 16.8 Å². The molecule has 0 atom stereocenters. The summed E-state index contributed by atoms with van der Waals surface area (Å²) in [5.74, 6) is -0.736. The van der Waals surface area contributed by atoms with Crippen molar-refractivity contribution in [3.8, 4) is 5.75 Å². The molecular formula is C25H24N4O4S. The molecule has 0 saturated heterocycles. The summed E-state index contributed by atoms with van der Waals surface area (Å²) in [6.45, 7) is 4.10. The maximum absolute atomic E-state index is 12.4. The summed E-state index contributed by atoms with van der Waals surface area (Å²) >= 11 is 5.09. The second-order valence-electron chi connectivity index (χ2n) is 7.14. The highest BCUT2D eigenvalue weighted by Gasteiger charge is 2.14. The third-order valence-corrected chi connectivity index (χ3v) is 4.95. The lowest BCUT2D eigenvalue weighted by molar-refractivity contribution is 0.0933. The van der Waals surface area contributed by atoms with E-state index in [4.69, 9.17) is 17.0 Å². The molecule has 0 aliphatic carbocycles. The second kappa shape index (κ2) is 11.6. The molecule has 0 heterocycles. The van der Waals surface area contributed by atoms with Crippen LogP contribution in [0.2, 0.25) is 0 Å². The number of amides is 3. The van der Waals surface area contributed by atoms with Crippen LogP contribution in [0.15, 0.2) is 72.8 Å². The number of carbonyl (C=O) groups excluding carboxylic acids is 3. The van der Waals surface area contributed by atoms with Crippen LogP contribution in [0.5, 0.6) is 5.75 Å². The highest BCUT2D eigenvalue weighted by Crippen LogP contribution is 2.17. The van der Waals surface area contributed by atoms with E-state index < -0.39 is 11.8 Å². The molecule has 0 saturated carbocycles. The number of aryl methyl sites for hydroxylation is 1. The molecule has 4 N–H and O–H groups in total. The largest absolute Gasteiger partial charge is 0.493 e. The number of carbonyl (C=O) groups is 3. The molecule has 3 rings (SSSR count). The van der Waals surface area contributed by atoms with Crippen LogP contribution in [0, 0.1) is 6.92 Å². The molecule has 0 spiro atoms. The zero-order valence-electron chi connectivity index (χ0n) is 18.7. The Morgan fingerprint density at radius 1 is 0.794 bits per heavy atom. The molecule has 9 heteroatoms. The summed E-state index contributed by atoms with van der Waals surface area (Å²) in [7, 11) is 0. The van der Waals surface area contributed by atoms with Crippen molar-refractivity contribution in [2.45, 2.75) is 13.8 Å². The zero-order chi connectivity index (χ0) is 24.5. The summed E-state index contributed by atoms with van der Waals surface area (Å²) < 4.78 is 5.44. The number of hydrogen-bond acceptors (Lipinski definition) is 5. The Morgan fingerprint density at radius 3 is 2.12 bits per heavy atom. The number of thiocarbonyl (C=S) groups is 1. The van der Waals surface area contributed by atoms with Crippen molar-refractivity contribution in [2.75, 3.05) is 11.9 Å². The van der Waals surface area contributed by atoms with Crippen molar-refractivity contribution in [1.29, 1.82) is 0 Å². The van der Waals surface area contributed by atoms with Gasteiger partial charge in [-0.25, -0.2) is 0 Å². The summed E-state index contributed by atoms with van der Waals surface area (Å²) in [5.41, 5.74) is 7.57. The van der Waals surface area contributed by atoms with Crippen LogP contribution in [0.3, 0.4) is 0 Å². The summed E-state index contributed by atoms with van der Waals surface area (Å²) in [6.07, 6.45) is 0. The Morgan fingerprint density at radius 2 is 1.44 bits per heavy atom. The lowest BCUT2D eigenvalue weighted by Gasteiger charge is -2.13. The molecule has 3 aromatic carbocycles. The van der Waals surface area contributed by atoms with Crippen molar-refractivity contribution < 1.29 is 19.1 Å². The minimum atomic E-state index is -0.469. The third-order valence-electron chi connectivity index (χ3n) is 4.74. The standard InChI is InChI=1S/C25H24N4O4S/c1-3-33-21-11-7-6-10-20(21)24(32)27-25(34)29-28-22(30)17-12-14-18(15-13-17)26-23(31)19-9-5-4-8-16(19)2/h4-15H,3H2,1-2H3,(H,26,31)(H,28,30)(H2,27,29,32,34). The van der Waals surface area contributed by atoms with Gasteiger partial charge in [-0.1, -0.05) is 30.3 Å². The van der Waals surface area contributed by atoms with Crippen molar-refractivity contribution in [3.63, 3.8) is 0 Å². The van der Waals surface area contributed by atoms with Crippen LogP contribution in [-0.4, -0.2) is 29.4 Å². The number of hydrazine groups is 1. The van der Waals surface area contributed by atoms with Gasteiger partial charge in [-0.2, -0.15) is 0 Å². The fraction of sp³-hybridized carbons (Fsp3) is 0.120. The molecule has 0 fully saturated rings. The lowest BCUT2D eigenvalue weighted by atomic mass is 10.1. The van der Waals surface area contributed by atoms with E-state index in [0.717, 1.165) is 5.56 Å². The van der Waals surface area contributed by atoms with E-state index in [1.807, 2.05) is 26.0 Å². The van der Waals surface area contributed by atoms with Crippen molar-refractivity contribution >= 4 is 40.7 Å². The van der Waals surface area contributed by atoms with Gasteiger partial charge in [-0.3, -0.25) is 30.6 Å². The minimum absolute atomic E-state index is 0.0771. The fourth-order valence-corrected chi connectivity index (χ4v) is 3.20. The van der Waals surface area contributed by atoms with Crippen LogP contribution in [0.1, 0.15) is 43.6 Å². The molecule has 0 aliphatic rings. The van der Waals surface area contributed by atoms with E-state index in [1.165, 1.54) is 0 Å². The van der Waals surface area contributed by atoms with Gasteiger partial charge in [0.25, 0.3) is 17.7 Å². The third kappa shape index (κ3) is 6.39. The van der Waals surface area contributed by atoms with E-state index in [9.17, 15) is 14.4 Å². The average molecular weight is 477 g/mol. The first-order chi connectivity index (χ1) is 16.4. The fourth-order valence-electron chi connectivity index (χ4n) is 3.05. The number of anilines is 1. The zero-order valence-corrected chi connectivity index (χ0v) is 19.5. The Balaban J connectivity index is 1.52. The highest BCUT2D eigenvalue weighted by molar-refractivity contribution is 7.80. The van der Waals surface area contributed by atoms with Crippen LogP contribution >= 0.6 is 12.2 Å². The quantitative estimate of drug-likeness (QED) is 0.320. The second-order valence-corrected chi connectivity index (χ2v) is 7.55. The molecule has 3 aromatic rings. The predicted molar refractivity (Wildman–Crippen MR) is 134 cm³/mol. The molecule has 0 bridgehead atoms. The van der Waals surface area contributed by atoms with Gasteiger partial charge in [0.05, 0.1) is 12.2 Å². The molecule has 34 heavy (non-hydrogen) atoms. The molecule has 3 amide bonds. The van der Waals surface area contributed by atoms with Gasteiger partial charge in [-0.05, 0) is 74.1 Å². The molecule has 8 nitrogen and oxygen atoms in total. The molecule has 0 unspecified atom stereocenters. The van der Waals surface area contributed by atoms with E-state index in [-0.39, 0.29) is 11.0 Å². The Labute approximate surface area is 202 Å². The number of rotatable bonds is 6. The van der Waals surface area contributed by atoms with E-state index in [0.29, 0.717) is 34.7 Å². The number of para-hydroxylation sites is 1. The van der Waals surface area contributed by atoms with Crippen LogP contribution in [-0.2, 0) is 0 Å². The van der Waals surface area contributed by atoms with E-state index >= 15 is 0 Å². The van der Waals surface area contributed by atoms with E-state index in [2.05, 4.69) is 21.5 Å². The smallest absolute Gasteiger partial charge is 0.269 e. The highest BCUT2D eigenvalue weighted by atomic mass is 32.1. The molecule has 174 valence electrons. The summed E-state index contributed by atoms with van der Waals surface area (Å²) in [6, 6.07) is 20.4. The number of hydrogen-bond donors (Lipinski definition) is 4. The van der Waals surface area contributed by atoms with Gasteiger partial charge in [-0.15, -0.1) is 0 Å². The normalized spacial score (nSPS) is 10.1. The Kier molecular flexibility index (Phi) is 8.31. The number of nitrogens with one attached hydrogen (secondary N) is 4. The average Bonchev–Trinajstić information content (AvgIpc) is 2.83. The molecular weight excluding hydrogens is 452 g/mol. The SMILES string of the molecule is CCOc1ccccc1C(=O)NC(=S)NNC(=O)c1ccc(NC(=O)c2ccccc2C)cc1. The Bertz CT molecular complexity index is 1210. The molecule has 0 aliphatic heterocycles. The van der Waals surface area contributed by atoms with Gasteiger partial charge in [0.2, 0.25) is 0 Å². The first-order valence-electron chi connectivity index (χ1n) is 10.5. The van der Waals surface area contributed by atoms with E-state index in [1.54, 1.807) is 60.7 Å².